The number of nitrogen functional groups attached to an aromatic ring is 1. The van der Waals surface area contributed by atoms with E-state index in [0.717, 1.165) is 12.1 Å². The molecule has 0 spiro atoms. The van der Waals surface area contributed by atoms with E-state index < -0.39 is 35.3 Å². The van der Waals surface area contributed by atoms with Gasteiger partial charge in [0.1, 0.15) is 17.5 Å². The van der Waals surface area contributed by atoms with Gasteiger partial charge < -0.3 is 11.1 Å². The van der Waals surface area contributed by atoms with Crippen LogP contribution in [0.15, 0.2) is 18.2 Å². The fourth-order valence-corrected chi connectivity index (χ4v) is 1.56. The van der Waals surface area contributed by atoms with Gasteiger partial charge in [-0.3, -0.25) is 0 Å². The Morgan fingerprint density at radius 3 is 2.33 bits per heavy atom. The molecule has 0 radical (unpaired) electrons. The van der Waals surface area contributed by atoms with E-state index in [1.165, 1.54) is 6.92 Å². The van der Waals surface area contributed by atoms with Crippen LogP contribution in [0.25, 0.3) is 0 Å². The summed E-state index contributed by atoms with van der Waals surface area (Å²) in [5.41, 5.74) is 3.59. The van der Waals surface area contributed by atoms with Crippen molar-refractivity contribution in [3.63, 3.8) is 0 Å². The summed E-state index contributed by atoms with van der Waals surface area (Å²) in [7, 11) is 0. The summed E-state index contributed by atoms with van der Waals surface area (Å²) in [5.74, 6) is -2.58. The number of halogens is 5. The summed E-state index contributed by atoms with van der Waals surface area (Å²) < 4.78 is 64.7. The van der Waals surface area contributed by atoms with Gasteiger partial charge in [-0.15, -0.1) is 0 Å². The molecule has 0 saturated heterocycles. The standard InChI is InChI=1S/C12H9F5N4/c1-5-2-7(14)8(3-6(5)13)19-10-4-9(12(15,16)17)20-11(18)21-10/h2-4H,1H3,(H3,18,19,20,21). The Bertz CT molecular complexity index is 684. The first kappa shape index (κ1) is 14.9. The van der Waals surface area contributed by atoms with Crippen molar-refractivity contribution >= 4 is 17.5 Å². The van der Waals surface area contributed by atoms with Gasteiger partial charge in [-0.25, -0.2) is 13.8 Å². The van der Waals surface area contributed by atoms with Crippen molar-refractivity contribution in [2.24, 2.45) is 0 Å². The molecule has 0 bridgehead atoms. The quantitative estimate of drug-likeness (QED) is 0.835. The second-order valence-electron chi connectivity index (χ2n) is 4.20. The van der Waals surface area contributed by atoms with Crippen LogP contribution in [0, 0.1) is 18.6 Å². The minimum Gasteiger partial charge on any atom is -0.368 e. The maximum absolute atomic E-state index is 13.6. The van der Waals surface area contributed by atoms with Crippen LogP contribution < -0.4 is 11.1 Å². The Hall–Kier alpha value is -2.45. The highest BCUT2D eigenvalue weighted by Crippen LogP contribution is 2.30. The highest BCUT2D eigenvalue weighted by molar-refractivity contribution is 5.58. The Balaban J connectivity index is 2.40. The summed E-state index contributed by atoms with van der Waals surface area (Å²) in [6, 6.07) is 2.27. The predicted molar refractivity (Wildman–Crippen MR) is 65.8 cm³/mol. The van der Waals surface area contributed by atoms with Crippen LogP contribution >= 0.6 is 0 Å². The van der Waals surface area contributed by atoms with Crippen LogP contribution in [0.4, 0.5) is 39.4 Å². The van der Waals surface area contributed by atoms with Gasteiger partial charge in [-0.05, 0) is 18.6 Å². The third-order valence-corrected chi connectivity index (χ3v) is 2.54. The molecule has 112 valence electrons. The van der Waals surface area contributed by atoms with Gasteiger partial charge in [-0.2, -0.15) is 18.2 Å². The first-order valence-corrected chi connectivity index (χ1v) is 5.61. The molecule has 0 saturated carbocycles. The molecule has 0 atom stereocenters. The molecule has 21 heavy (non-hydrogen) atoms. The number of rotatable bonds is 2. The Kier molecular flexibility index (Phi) is 3.67. The predicted octanol–water partition coefficient (Wildman–Crippen LogP) is 3.41. The zero-order chi connectivity index (χ0) is 15.8. The topological polar surface area (TPSA) is 63.8 Å². The van der Waals surface area contributed by atoms with Crippen LogP contribution in [0.1, 0.15) is 11.3 Å². The van der Waals surface area contributed by atoms with E-state index in [4.69, 9.17) is 5.73 Å². The van der Waals surface area contributed by atoms with Crippen LogP contribution in [0.5, 0.6) is 0 Å². The van der Waals surface area contributed by atoms with E-state index in [-0.39, 0.29) is 11.3 Å². The average Bonchev–Trinajstić information content (AvgIpc) is 2.34. The maximum atomic E-state index is 13.6. The Labute approximate surface area is 115 Å². The molecule has 0 amide bonds. The van der Waals surface area contributed by atoms with E-state index in [9.17, 15) is 22.0 Å². The lowest BCUT2D eigenvalue weighted by Gasteiger charge is -2.11. The molecule has 0 aliphatic rings. The molecule has 1 aromatic heterocycles. The molecule has 9 heteroatoms. The third kappa shape index (κ3) is 3.36. The number of hydrogen-bond acceptors (Lipinski definition) is 4. The minimum atomic E-state index is -4.73. The number of nitrogens with two attached hydrogens (primary N) is 1. The first-order chi connectivity index (χ1) is 9.66. The van der Waals surface area contributed by atoms with Crippen molar-refractivity contribution < 1.29 is 22.0 Å². The average molecular weight is 304 g/mol. The van der Waals surface area contributed by atoms with E-state index in [0.29, 0.717) is 6.07 Å². The van der Waals surface area contributed by atoms with Gasteiger partial charge in [0.05, 0.1) is 5.69 Å². The van der Waals surface area contributed by atoms with Gasteiger partial charge in [0.15, 0.2) is 5.69 Å². The lowest BCUT2D eigenvalue weighted by Crippen LogP contribution is -2.12. The lowest BCUT2D eigenvalue weighted by molar-refractivity contribution is -0.141. The second kappa shape index (κ2) is 5.15. The molecule has 3 N–H and O–H groups in total. The molecule has 1 heterocycles. The number of benzene rings is 1. The number of nitrogens with zero attached hydrogens (tertiary/aromatic N) is 2. The van der Waals surface area contributed by atoms with Crippen molar-refractivity contribution in [3.8, 4) is 0 Å². The van der Waals surface area contributed by atoms with Crippen molar-refractivity contribution in [1.82, 2.24) is 9.97 Å². The largest absolute Gasteiger partial charge is 0.433 e. The summed E-state index contributed by atoms with van der Waals surface area (Å²) in [6.07, 6.45) is -4.73. The molecule has 2 aromatic rings. The summed E-state index contributed by atoms with van der Waals surface area (Å²) in [5, 5.41) is 2.25. The van der Waals surface area contributed by atoms with Crippen molar-refractivity contribution in [2.45, 2.75) is 13.1 Å². The smallest absolute Gasteiger partial charge is 0.368 e. The van der Waals surface area contributed by atoms with Gasteiger partial charge in [0.2, 0.25) is 5.95 Å². The number of anilines is 3. The zero-order valence-electron chi connectivity index (χ0n) is 10.6. The number of aromatic nitrogens is 2. The van der Waals surface area contributed by atoms with E-state index in [2.05, 4.69) is 15.3 Å². The van der Waals surface area contributed by atoms with Crippen LogP contribution in [0.2, 0.25) is 0 Å². The highest BCUT2D eigenvalue weighted by atomic mass is 19.4. The summed E-state index contributed by atoms with van der Waals surface area (Å²) in [4.78, 5) is 6.54. The lowest BCUT2D eigenvalue weighted by atomic mass is 10.2. The fourth-order valence-electron chi connectivity index (χ4n) is 1.56. The van der Waals surface area contributed by atoms with Crippen LogP contribution in [-0.4, -0.2) is 9.97 Å². The third-order valence-electron chi connectivity index (χ3n) is 2.54. The molecule has 0 unspecified atom stereocenters. The molecular formula is C12H9F5N4. The molecular weight excluding hydrogens is 295 g/mol. The first-order valence-electron chi connectivity index (χ1n) is 5.61. The van der Waals surface area contributed by atoms with Gasteiger partial charge >= 0.3 is 6.18 Å². The number of nitrogens with one attached hydrogen (secondary N) is 1. The molecule has 2 rings (SSSR count). The number of hydrogen-bond donors (Lipinski definition) is 2. The highest BCUT2D eigenvalue weighted by Gasteiger charge is 2.33. The van der Waals surface area contributed by atoms with Gasteiger partial charge in [0, 0.05) is 12.1 Å². The molecule has 0 aliphatic carbocycles. The SMILES string of the molecule is Cc1cc(F)c(Nc2cc(C(F)(F)F)nc(N)n2)cc1F. The monoisotopic (exact) mass is 304 g/mol. The second-order valence-corrected chi connectivity index (χ2v) is 4.20. The van der Waals surface area contributed by atoms with E-state index in [1.54, 1.807) is 0 Å². The molecule has 1 aromatic carbocycles. The zero-order valence-corrected chi connectivity index (χ0v) is 10.6. The normalized spacial score (nSPS) is 11.5. The number of alkyl halides is 3. The van der Waals surface area contributed by atoms with E-state index in [1.807, 2.05) is 0 Å². The molecule has 4 nitrogen and oxygen atoms in total. The van der Waals surface area contributed by atoms with Crippen molar-refractivity contribution in [1.29, 1.82) is 0 Å². The Morgan fingerprint density at radius 1 is 1.05 bits per heavy atom. The summed E-state index contributed by atoms with van der Waals surface area (Å²) in [6.45, 7) is 1.35. The fraction of sp³-hybridized carbons (Fsp3) is 0.167. The molecule has 0 fully saturated rings. The van der Waals surface area contributed by atoms with Crippen LogP contribution in [0.3, 0.4) is 0 Å². The van der Waals surface area contributed by atoms with Gasteiger partial charge in [-0.1, -0.05) is 0 Å². The number of aryl methyl sites for hydroxylation is 1. The summed E-state index contributed by atoms with van der Waals surface area (Å²) >= 11 is 0. The van der Waals surface area contributed by atoms with E-state index >= 15 is 0 Å². The maximum Gasteiger partial charge on any atom is 0.433 e. The van der Waals surface area contributed by atoms with Crippen LogP contribution in [-0.2, 0) is 6.18 Å². The molecule has 0 aliphatic heterocycles. The Morgan fingerprint density at radius 2 is 1.71 bits per heavy atom. The van der Waals surface area contributed by atoms with Crippen molar-refractivity contribution in [2.75, 3.05) is 11.1 Å². The minimum absolute atomic E-state index is 0.0660. The van der Waals surface area contributed by atoms with Crippen molar-refractivity contribution in [3.05, 3.63) is 41.1 Å². The van der Waals surface area contributed by atoms with Gasteiger partial charge in [0.25, 0.3) is 0 Å².